The maximum Gasteiger partial charge on any atom is 0.0870 e. The Kier molecular flexibility index (Phi) is 5.96. The molecular formula is C12H19N3S. The Bertz CT molecular complexity index is 313. The van der Waals surface area contributed by atoms with Crippen LogP contribution in [-0.4, -0.2) is 34.5 Å². The first kappa shape index (κ1) is 13.1. The Hall–Kier alpha value is -1.00. The highest BCUT2D eigenvalue weighted by Gasteiger charge is 2.05. The van der Waals surface area contributed by atoms with Crippen LogP contribution in [0.25, 0.3) is 0 Å². The molecule has 0 amide bonds. The first-order valence-electron chi connectivity index (χ1n) is 5.63. The van der Waals surface area contributed by atoms with Crippen molar-refractivity contribution in [2.75, 3.05) is 19.6 Å². The molecule has 0 atom stereocenters. The van der Waals surface area contributed by atoms with E-state index in [2.05, 4.69) is 16.8 Å². The third kappa shape index (κ3) is 5.19. The van der Waals surface area contributed by atoms with Crippen LogP contribution in [0.15, 0.2) is 24.4 Å². The van der Waals surface area contributed by atoms with Gasteiger partial charge in [0.2, 0.25) is 0 Å². The number of nitrogens with two attached hydrogens (primary N) is 1. The van der Waals surface area contributed by atoms with Gasteiger partial charge in [-0.2, -0.15) is 0 Å². The zero-order chi connectivity index (χ0) is 11.8. The van der Waals surface area contributed by atoms with Crippen LogP contribution in [0.5, 0.6) is 0 Å². The van der Waals surface area contributed by atoms with Gasteiger partial charge in [0.25, 0.3) is 0 Å². The van der Waals surface area contributed by atoms with E-state index in [-0.39, 0.29) is 0 Å². The molecule has 88 valence electrons. The average molecular weight is 237 g/mol. The fraction of sp³-hybridized carbons (Fsp3) is 0.500. The van der Waals surface area contributed by atoms with Crippen molar-refractivity contribution in [3.63, 3.8) is 0 Å². The molecule has 1 heterocycles. The SMILES string of the molecule is CCCN(CCc1ccccn1)CC(N)=S. The summed E-state index contributed by atoms with van der Waals surface area (Å²) >= 11 is 4.94. The van der Waals surface area contributed by atoms with Crippen LogP contribution >= 0.6 is 12.2 Å². The first-order valence-corrected chi connectivity index (χ1v) is 6.03. The summed E-state index contributed by atoms with van der Waals surface area (Å²) in [5.41, 5.74) is 6.68. The number of aromatic nitrogens is 1. The van der Waals surface area contributed by atoms with Crippen LogP contribution in [-0.2, 0) is 6.42 Å². The van der Waals surface area contributed by atoms with Crippen molar-refractivity contribution in [1.82, 2.24) is 9.88 Å². The second kappa shape index (κ2) is 7.30. The van der Waals surface area contributed by atoms with Crippen molar-refractivity contribution in [1.29, 1.82) is 0 Å². The summed E-state index contributed by atoms with van der Waals surface area (Å²) in [6.07, 6.45) is 3.89. The van der Waals surface area contributed by atoms with Crippen molar-refractivity contribution in [3.05, 3.63) is 30.1 Å². The summed E-state index contributed by atoms with van der Waals surface area (Å²) in [6, 6.07) is 5.99. The van der Waals surface area contributed by atoms with E-state index in [1.807, 2.05) is 24.4 Å². The quantitative estimate of drug-likeness (QED) is 0.732. The molecule has 0 saturated heterocycles. The third-order valence-corrected chi connectivity index (χ3v) is 2.46. The minimum Gasteiger partial charge on any atom is -0.392 e. The minimum atomic E-state index is 0.564. The van der Waals surface area contributed by atoms with Crippen LogP contribution in [0.4, 0.5) is 0 Å². The van der Waals surface area contributed by atoms with E-state index in [1.54, 1.807) is 0 Å². The molecular weight excluding hydrogens is 218 g/mol. The van der Waals surface area contributed by atoms with Gasteiger partial charge in [0.15, 0.2) is 0 Å². The minimum absolute atomic E-state index is 0.564. The molecule has 0 unspecified atom stereocenters. The molecule has 2 N–H and O–H groups in total. The second-order valence-corrected chi connectivity index (χ2v) is 4.34. The molecule has 4 heteroatoms. The number of pyridine rings is 1. The Morgan fingerprint density at radius 3 is 2.81 bits per heavy atom. The van der Waals surface area contributed by atoms with Gasteiger partial charge in [0.1, 0.15) is 0 Å². The van der Waals surface area contributed by atoms with Gasteiger partial charge in [-0.05, 0) is 25.1 Å². The van der Waals surface area contributed by atoms with Crippen molar-refractivity contribution < 1.29 is 0 Å². The van der Waals surface area contributed by atoms with E-state index >= 15 is 0 Å². The third-order valence-electron chi connectivity index (χ3n) is 2.33. The van der Waals surface area contributed by atoms with E-state index < -0.39 is 0 Å². The Balaban J connectivity index is 2.40. The smallest absolute Gasteiger partial charge is 0.0870 e. The van der Waals surface area contributed by atoms with Crippen molar-refractivity contribution >= 4 is 17.2 Å². The second-order valence-electron chi connectivity index (χ2n) is 3.81. The lowest BCUT2D eigenvalue weighted by atomic mass is 10.2. The maximum atomic E-state index is 5.57. The molecule has 0 aliphatic carbocycles. The van der Waals surface area contributed by atoms with Gasteiger partial charge in [-0.25, -0.2) is 0 Å². The zero-order valence-corrected chi connectivity index (χ0v) is 10.5. The normalized spacial score (nSPS) is 10.6. The molecule has 0 saturated carbocycles. The summed E-state index contributed by atoms with van der Waals surface area (Å²) in [4.78, 5) is 7.14. The van der Waals surface area contributed by atoms with Gasteiger partial charge in [0, 0.05) is 31.4 Å². The zero-order valence-electron chi connectivity index (χ0n) is 9.72. The van der Waals surface area contributed by atoms with Gasteiger partial charge in [-0.1, -0.05) is 25.2 Å². The molecule has 1 rings (SSSR count). The van der Waals surface area contributed by atoms with Crippen LogP contribution in [0, 0.1) is 0 Å². The first-order chi connectivity index (χ1) is 7.72. The summed E-state index contributed by atoms with van der Waals surface area (Å²) < 4.78 is 0. The fourth-order valence-corrected chi connectivity index (χ4v) is 1.81. The lowest BCUT2D eigenvalue weighted by Crippen LogP contribution is -2.34. The van der Waals surface area contributed by atoms with Crippen LogP contribution in [0.3, 0.4) is 0 Å². The van der Waals surface area contributed by atoms with Gasteiger partial charge in [-0.15, -0.1) is 0 Å². The summed E-state index contributed by atoms with van der Waals surface area (Å²) in [5.74, 6) is 0. The molecule has 1 aromatic rings. The molecule has 0 spiro atoms. The highest BCUT2D eigenvalue weighted by Crippen LogP contribution is 1.99. The molecule has 1 aromatic heterocycles. The Morgan fingerprint density at radius 1 is 1.44 bits per heavy atom. The standard InChI is InChI=1S/C12H19N3S/c1-2-8-15(10-12(13)16)9-6-11-5-3-4-7-14-11/h3-5,7H,2,6,8-10H2,1H3,(H2,13,16). The van der Waals surface area contributed by atoms with E-state index in [0.29, 0.717) is 11.5 Å². The Morgan fingerprint density at radius 2 is 2.25 bits per heavy atom. The summed E-state index contributed by atoms with van der Waals surface area (Å²) in [5, 5.41) is 0. The van der Waals surface area contributed by atoms with Crippen LogP contribution < -0.4 is 5.73 Å². The monoisotopic (exact) mass is 237 g/mol. The average Bonchev–Trinajstić information content (AvgIpc) is 2.27. The van der Waals surface area contributed by atoms with Crippen molar-refractivity contribution in [3.8, 4) is 0 Å². The number of thiocarbonyl (C=S) groups is 1. The number of nitrogens with zero attached hydrogens (tertiary/aromatic N) is 2. The maximum absolute atomic E-state index is 5.57. The highest BCUT2D eigenvalue weighted by atomic mass is 32.1. The van der Waals surface area contributed by atoms with Gasteiger partial charge in [0.05, 0.1) is 4.99 Å². The molecule has 0 aliphatic heterocycles. The molecule has 0 bridgehead atoms. The molecule has 0 fully saturated rings. The van der Waals surface area contributed by atoms with Gasteiger partial charge >= 0.3 is 0 Å². The molecule has 0 aromatic carbocycles. The van der Waals surface area contributed by atoms with E-state index in [1.165, 1.54) is 0 Å². The predicted octanol–water partition coefficient (Wildman–Crippen LogP) is 1.62. The van der Waals surface area contributed by atoms with Crippen molar-refractivity contribution in [2.45, 2.75) is 19.8 Å². The lowest BCUT2D eigenvalue weighted by Gasteiger charge is -2.20. The molecule has 0 radical (unpaired) electrons. The summed E-state index contributed by atoms with van der Waals surface area (Å²) in [7, 11) is 0. The predicted molar refractivity (Wildman–Crippen MR) is 71.5 cm³/mol. The molecule has 0 aliphatic rings. The highest BCUT2D eigenvalue weighted by molar-refractivity contribution is 7.80. The van der Waals surface area contributed by atoms with Gasteiger partial charge < -0.3 is 5.73 Å². The number of hydrogen-bond acceptors (Lipinski definition) is 3. The van der Waals surface area contributed by atoms with E-state index in [0.717, 1.165) is 31.6 Å². The van der Waals surface area contributed by atoms with Gasteiger partial charge in [-0.3, -0.25) is 9.88 Å². The number of rotatable bonds is 7. The van der Waals surface area contributed by atoms with Crippen LogP contribution in [0.2, 0.25) is 0 Å². The Labute approximate surface area is 103 Å². The van der Waals surface area contributed by atoms with Crippen molar-refractivity contribution in [2.24, 2.45) is 5.73 Å². The molecule has 3 nitrogen and oxygen atoms in total. The summed E-state index contributed by atoms with van der Waals surface area (Å²) in [6.45, 7) is 4.86. The van der Waals surface area contributed by atoms with E-state index in [9.17, 15) is 0 Å². The topological polar surface area (TPSA) is 42.2 Å². The number of hydrogen-bond donors (Lipinski definition) is 1. The fourth-order valence-electron chi connectivity index (χ4n) is 1.63. The largest absolute Gasteiger partial charge is 0.392 e. The van der Waals surface area contributed by atoms with E-state index in [4.69, 9.17) is 18.0 Å². The lowest BCUT2D eigenvalue weighted by molar-refractivity contribution is 0.315. The molecule has 16 heavy (non-hydrogen) atoms. The van der Waals surface area contributed by atoms with Crippen LogP contribution in [0.1, 0.15) is 19.0 Å².